The number of imidazole rings is 2. The Bertz CT molecular complexity index is 2390. The van der Waals surface area contributed by atoms with Gasteiger partial charge in [-0.25, -0.2) is 23.5 Å². The second-order valence-electron chi connectivity index (χ2n) is 16.2. The number of carbonyl (C=O) groups excluding carboxylic acids is 3. The number of fused-ring (bicyclic) bond motifs is 2. The molecule has 4 aromatic heterocycles. The van der Waals surface area contributed by atoms with Crippen LogP contribution in [0.4, 0.5) is 20.3 Å². The third-order valence-corrected chi connectivity index (χ3v) is 11.6. The topological polar surface area (TPSA) is 148 Å². The first-order valence-corrected chi connectivity index (χ1v) is 20.5. The quantitative estimate of drug-likeness (QED) is 0.157. The third kappa shape index (κ3) is 9.17. The maximum atomic E-state index is 13.0. The van der Waals surface area contributed by atoms with Gasteiger partial charge >= 0.3 is 5.69 Å². The lowest BCUT2D eigenvalue weighted by molar-refractivity contribution is -0.135. The van der Waals surface area contributed by atoms with Gasteiger partial charge in [-0.15, -0.1) is 0 Å². The first-order valence-electron chi connectivity index (χ1n) is 20.5. The van der Waals surface area contributed by atoms with E-state index in [1.807, 2.05) is 42.6 Å². The Morgan fingerprint density at radius 1 is 0.932 bits per heavy atom. The van der Waals surface area contributed by atoms with Crippen molar-refractivity contribution in [3.8, 4) is 5.75 Å². The molecule has 3 fully saturated rings. The molecule has 5 aromatic rings. The van der Waals surface area contributed by atoms with Crippen molar-refractivity contribution in [2.75, 3.05) is 37.4 Å². The van der Waals surface area contributed by atoms with E-state index in [1.54, 1.807) is 23.9 Å². The molecule has 0 spiro atoms. The molecule has 14 nitrogen and oxygen atoms in total. The first kappa shape index (κ1) is 41.5. The second-order valence-corrected chi connectivity index (χ2v) is 16.2. The molecule has 59 heavy (non-hydrogen) atoms. The second kappa shape index (κ2) is 17.7. The van der Waals surface area contributed by atoms with Crippen LogP contribution in [0.3, 0.4) is 0 Å². The number of hydrogen-bond donors (Lipinski definition) is 2. The number of rotatable bonds is 9. The van der Waals surface area contributed by atoms with Gasteiger partial charge in [0.05, 0.1) is 28.4 Å². The Balaban J connectivity index is 0.000000180. The highest BCUT2D eigenvalue weighted by Gasteiger charge is 2.32. The number of aromatic nitrogens is 5. The maximum absolute atomic E-state index is 13.0. The van der Waals surface area contributed by atoms with Crippen LogP contribution >= 0.6 is 0 Å². The van der Waals surface area contributed by atoms with E-state index in [0.29, 0.717) is 29.8 Å². The zero-order chi connectivity index (χ0) is 42.0. The van der Waals surface area contributed by atoms with E-state index in [-0.39, 0.29) is 35.5 Å². The number of aryl methyl sites for hydroxylation is 1. The molecule has 314 valence electrons. The van der Waals surface area contributed by atoms with E-state index in [4.69, 9.17) is 9.72 Å². The number of nitrogens with zero attached hydrogens (tertiary/aromatic N) is 7. The van der Waals surface area contributed by atoms with Gasteiger partial charge in [0.25, 0.3) is 12.3 Å². The van der Waals surface area contributed by atoms with Gasteiger partial charge < -0.3 is 24.3 Å². The Labute approximate surface area is 341 Å². The minimum atomic E-state index is -2.71. The maximum Gasteiger partial charge on any atom is 0.329 e. The lowest BCUT2D eigenvalue weighted by Gasteiger charge is -2.36. The van der Waals surface area contributed by atoms with Gasteiger partial charge in [0.15, 0.2) is 0 Å². The van der Waals surface area contributed by atoms with Crippen LogP contribution in [-0.2, 0) is 16.6 Å². The van der Waals surface area contributed by atoms with Crippen molar-refractivity contribution in [3.63, 3.8) is 0 Å². The molecule has 8 rings (SSSR count). The summed E-state index contributed by atoms with van der Waals surface area (Å²) in [6.45, 7) is 5.71. The number of imide groups is 1. The molecule has 6 heterocycles. The molecule has 2 aliphatic heterocycles. The number of halogens is 2. The zero-order valence-electron chi connectivity index (χ0n) is 34.3. The molecular formula is C43H53F2N9O5. The number of nitrogens with one attached hydrogen (secondary N) is 2. The molecule has 1 atom stereocenters. The predicted octanol–water partition coefficient (Wildman–Crippen LogP) is 6.60. The molecule has 1 aromatic carbocycles. The van der Waals surface area contributed by atoms with Gasteiger partial charge in [-0.05, 0) is 90.4 Å². The van der Waals surface area contributed by atoms with Crippen molar-refractivity contribution < 1.29 is 27.9 Å². The number of benzene rings is 1. The van der Waals surface area contributed by atoms with E-state index in [1.165, 1.54) is 42.0 Å². The molecule has 0 bridgehead atoms. The lowest BCUT2D eigenvalue weighted by atomic mass is 9.87. The predicted molar refractivity (Wildman–Crippen MR) is 221 cm³/mol. The molecular weight excluding hydrogens is 761 g/mol. The number of alkyl halides is 2. The van der Waals surface area contributed by atoms with Gasteiger partial charge in [-0.2, -0.15) is 0 Å². The minimum Gasteiger partial charge on any atom is -0.490 e. The summed E-state index contributed by atoms with van der Waals surface area (Å²) in [6.07, 6.45) is 9.54. The number of amides is 3. The Hall–Kier alpha value is -5.64. The number of carbonyl (C=O) groups is 3. The summed E-state index contributed by atoms with van der Waals surface area (Å²) >= 11 is 0. The zero-order valence-corrected chi connectivity index (χ0v) is 34.3. The van der Waals surface area contributed by atoms with Crippen molar-refractivity contribution in [1.82, 2.24) is 33.7 Å². The Morgan fingerprint density at radius 2 is 1.68 bits per heavy atom. The van der Waals surface area contributed by atoms with Gasteiger partial charge in [0, 0.05) is 62.7 Å². The standard InChI is InChI=1S/C23H26F2N4O2.C20H27N5O3/c1-14(2)31-19-11-21-27-18(15-7-4-3-5-8-15)13-29(21)12-16(19)23(30)28-20-10-6-9-17(26-20)22(24)25;1-22(2)13-8-10-24(11-9-13)14-4-5-15-17(12-14)23(3)20(28)25(15)16-6-7-18(26)21-19(16)27/h6,9-15,22H,3-5,7-8H2,1-2H3,(H,26,28,30);4-5,12-13,16H,6-11H2,1-3H3,(H,21,26,27). The number of ether oxygens (including phenoxy) is 1. The van der Waals surface area contributed by atoms with E-state index in [9.17, 15) is 28.0 Å². The summed E-state index contributed by atoms with van der Waals surface area (Å²) in [7, 11) is 5.98. The van der Waals surface area contributed by atoms with Gasteiger partial charge in [-0.3, -0.25) is 28.8 Å². The molecule has 16 heteroatoms. The number of piperidine rings is 2. The third-order valence-electron chi connectivity index (χ3n) is 11.6. The smallest absolute Gasteiger partial charge is 0.329 e. The molecule has 3 amide bonds. The summed E-state index contributed by atoms with van der Waals surface area (Å²) in [6, 6.07) is 11.8. The molecule has 0 radical (unpaired) electrons. The number of anilines is 2. The van der Waals surface area contributed by atoms with E-state index in [0.717, 1.165) is 61.2 Å². The average Bonchev–Trinajstić information content (AvgIpc) is 3.75. The minimum absolute atomic E-state index is 0.0620. The monoisotopic (exact) mass is 813 g/mol. The van der Waals surface area contributed by atoms with Crippen LogP contribution < -0.4 is 26.0 Å². The summed E-state index contributed by atoms with van der Waals surface area (Å²) in [5.74, 6) is -0.276. The molecule has 1 aliphatic carbocycles. The number of pyridine rings is 2. The van der Waals surface area contributed by atoms with E-state index in [2.05, 4.69) is 39.5 Å². The van der Waals surface area contributed by atoms with Crippen LogP contribution in [0.1, 0.15) is 112 Å². The fourth-order valence-electron chi connectivity index (χ4n) is 8.40. The van der Waals surface area contributed by atoms with Crippen LogP contribution in [-0.4, -0.2) is 85.5 Å². The summed E-state index contributed by atoms with van der Waals surface area (Å²) in [5.41, 5.74) is 4.05. The Morgan fingerprint density at radius 3 is 2.36 bits per heavy atom. The van der Waals surface area contributed by atoms with Crippen molar-refractivity contribution in [2.24, 2.45) is 7.05 Å². The lowest BCUT2D eigenvalue weighted by Crippen LogP contribution is -2.44. The highest BCUT2D eigenvalue weighted by molar-refractivity contribution is 6.06. The fraction of sp³-hybridized carbons (Fsp3) is 0.488. The van der Waals surface area contributed by atoms with Gasteiger partial charge in [0.1, 0.15) is 29.0 Å². The molecule has 2 N–H and O–H groups in total. The molecule has 3 aliphatic rings. The van der Waals surface area contributed by atoms with Crippen molar-refractivity contribution in [2.45, 2.75) is 102 Å². The van der Waals surface area contributed by atoms with Crippen LogP contribution in [0, 0.1) is 0 Å². The SMILES string of the molecule is CC(C)Oc1cc2nc(C3CCCCC3)cn2cc1C(=O)Nc1cccc(C(F)F)n1.CN(C)C1CCN(c2ccc3c(c2)n(C)c(=O)n3C2CCC(=O)NC2=O)CC1. The highest BCUT2D eigenvalue weighted by Crippen LogP contribution is 2.34. The molecule has 2 saturated heterocycles. The summed E-state index contributed by atoms with van der Waals surface area (Å²) < 4.78 is 36.7. The van der Waals surface area contributed by atoms with Gasteiger partial charge in [0.2, 0.25) is 11.8 Å². The van der Waals surface area contributed by atoms with Crippen molar-refractivity contribution in [1.29, 1.82) is 0 Å². The fourth-order valence-corrected chi connectivity index (χ4v) is 8.40. The first-order chi connectivity index (χ1) is 28.3. The van der Waals surface area contributed by atoms with Crippen LogP contribution in [0.5, 0.6) is 5.75 Å². The van der Waals surface area contributed by atoms with Crippen LogP contribution in [0.2, 0.25) is 0 Å². The summed E-state index contributed by atoms with van der Waals surface area (Å²) in [4.78, 5) is 62.8. The van der Waals surface area contributed by atoms with Crippen LogP contribution in [0.15, 0.2) is 59.7 Å². The number of hydrogen-bond acceptors (Lipinski definition) is 9. The Kier molecular flexibility index (Phi) is 12.4. The van der Waals surface area contributed by atoms with Crippen molar-refractivity contribution >= 4 is 45.9 Å². The summed E-state index contributed by atoms with van der Waals surface area (Å²) in [5, 5.41) is 4.95. The van der Waals surface area contributed by atoms with Crippen molar-refractivity contribution in [3.05, 3.63) is 82.3 Å². The van der Waals surface area contributed by atoms with E-state index >= 15 is 0 Å². The molecule has 1 saturated carbocycles. The average molecular weight is 814 g/mol. The molecule has 1 unspecified atom stereocenters. The normalized spacial score (nSPS) is 18.1. The van der Waals surface area contributed by atoms with E-state index < -0.39 is 30.0 Å². The highest BCUT2D eigenvalue weighted by atomic mass is 19.3. The van der Waals surface area contributed by atoms with Crippen LogP contribution in [0.25, 0.3) is 16.7 Å². The largest absolute Gasteiger partial charge is 0.490 e. The van der Waals surface area contributed by atoms with Gasteiger partial charge in [-0.1, -0.05) is 25.3 Å².